The van der Waals surface area contributed by atoms with Crippen molar-refractivity contribution in [2.24, 2.45) is 11.8 Å². The predicted octanol–water partition coefficient (Wildman–Crippen LogP) is 1.74. The van der Waals surface area contributed by atoms with Crippen molar-refractivity contribution in [3.05, 3.63) is 83.6 Å². The number of carbonyl (C=O) groups excluding carboxylic acids is 6. The number of carboxylic acid groups (broad SMARTS) is 1. The zero-order valence-electron chi connectivity index (χ0n) is 30.8. The maximum Gasteiger partial charge on any atom is 0.352 e. The van der Waals surface area contributed by atoms with E-state index in [2.05, 4.69) is 31.9 Å². The average Bonchev–Trinajstić information content (AvgIpc) is 3.08. The van der Waals surface area contributed by atoms with Crippen LogP contribution < -0.4 is 31.9 Å². The number of amides is 6. The molecule has 0 saturated carbocycles. The summed E-state index contributed by atoms with van der Waals surface area (Å²) in [6, 6.07) is 12.6. The lowest BCUT2D eigenvalue weighted by Gasteiger charge is -2.28. The Morgan fingerprint density at radius 3 is 1.52 bits per heavy atom. The lowest BCUT2D eigenvalue weighted by molar-refractivity contribution is -0.136. The molecule has 0 aliphatic heterocycles. The number of carbonyl (C=O) groups is 7. The number of aliphatic carboxylic acids is 1. The van der Waals surface area contributed by atoms with Gasteiger partial charge in [-0.25, -0.2) is 4.79 Å². The van der Waals surface area contributed by atoms with Crippen molar-refractivity contribution in [1.82, 2.24) is 31.9 Å². The number of hydrogen-bond donors (Lipinski definition) is 7. The van der Waals surface area contributed by atoms with Crippen molar-refractivity contribution >= 4 is 41.4 Å². The molecule has 14 heteroatoms. The zero-order chi connectivity index (χ0) is 39.0. The Labute approximate surface area is 305 Å². The van der Waals surface area contributed by atoms with E-state index in [0.29, 0.717) is 0 Å². The van der Waals surface area contributed by atoms with Gasteiger partial charge < -0.3 is 37.0 Å². The number of hydrogen-bond acceptors (Lipinski definition) is 7. The highest BCUT2D eigenvalue weighted by Gasteiger charge is 2.33. The third-order valence-electron chi connectivity index (χ3n) is 8.01. The smallest absolute Gasteiger partial charge is 0.352 e. The molecule has 7 N–H and O–H groups in total. The van der Waals surface area contributed by atoms with E-state index in [0.717, 1.165) is 11.1 Å². The van der Waals surface area contributed by atoms with Crippen molar-refractivity contribution in [2.45, 2.75) is 97.9 Å². The van der Waals surface area contributed by atoms with Gasteiger partial charge in [-0.1, -0.05) is 94.4 Å². The third-order valence-corrected chi connectivity index (χ3v) is 8.01. The van der Waals surface area contributed by atoms with E-state index in [4.69, 9.17) is 0 Å². The largest absolute Gasteiger partial charge is 0.477 e. The first-order valence-electron chi connectivity index (χ1n) is 17.3. The van der Waals surface area contributed by atoms with Gasteiger partial charge in [-0.2, -0.15) is 0 Å². The molecule has 14 nitrogen and oxygen atoms in total. The van der Waals surface area contributed by atoms with E-state index in [1.165, 1.54) is 26.8 Å². The fourth-order valence-electron chi connectivity index (χ4n) is 5.26. The van der Waals surface area contributed by atoms with Crippen LogP contribution in [0.15, 0.2) is 72.4 Å². The monoisotopic (exact) mass is 720 g/mol. The van der Waals surface area contributed by atoms with Crippen LogP contribution in [0.5, 0.6) is 0 Å². The molecule has 2 aromatic rings. The molecule has 0 bridgehead atoms. The van der Waals surface area contributed by atoms with Crippen molar-refractivity contribution in [1.29, 1.82) is 0 Å². The summed E-state index contributed by atoms with van der Waals surface area (Å²) >= 11 is 0. The molecule has 0 spiro atoms. The van der Waals surface area contributed by atoms with Crippen molar-refractivity contribution in [3.63, 3.8) is 0 Å². The minimum absolute atomic E-state index is 0.0432. The summed E-state index contributed by atoms with van der Waals surface area (Å²) in [5.41, 5.74) is 1.17. The number of nitrogens with one attached hydrogen (secondary N) is 6. The lowest BCUT2D eigenvalue weighted by Crippen LogP contribution is -2.60. The fourth-order valence-corrected chi connectivity index (χ4v) is 5.26. The van der Waals surface area contributed by atoms with Crippen LogP contribution >= 0.6 is 0 Å². The Bertz CT molecular complexity index is 1580. The summed E-state index contributed by atoms with van der Waals surface area (Å²) in [5, 5.41) is 24.9. The van der Waals surface area contributed by atoms with E-state index in [1.807, 2.05) is 44.2 Å². The Morgan fingerprint density at radius 1 is 0.615 bits per heavy atom. The van der Waals surface area contributed by atoms with E-state index < -0.39 is 77.5 Å². The molecule has 52 heavy (non-hydrogen) atoms. The summed E-state index contributed by atoms with van der Waals surface area (Å²) in [6.45, 7) is 11.3. The van der Waals surface area contributed by atoms with Gasteiger partial charge in [0.1, 0.15) is 35.9 Å². The highest BCUT2D eigenvalue weighted by Crippen LogP contribution is 2.11. The van der Waals surface area contributed by atoms with Gasteiger partial charge in [-0.3, -0.25) is 28.8 Å². The van der Waals surface area contributed by atoms with Crippen LogP contribution in [0.1, 0.15) is 66.0 Å². The first-order chi connectivity index (χ1) is 24.5. The van der Waals surface area contributed by atoms with Gasteiger partial charge in [-0.15, -0.1) is 0 Å². The first kappa shape index (κ1) is 42.6. The van der Waals surface area contributed by atoms with Crippen molar-refractivity contribution in [3.8, 4) is 0 Å². The molecular weight excluding hydrogens is 668 g/mol. The molecule has 0 aromatic heterocycles. The van der Waals surface area contributed by atoms with E-state index >= 15 is 0 Å². The van der Waals surface area contributed by atoms with Crippen molar-refractivity contribution in [2.75, 3.05) is 0 Å². The Hall–Kier alpha value is -5.53. The standard InChI is InChI=1S/C38H52N6O8/c1-8-28(38(51)52)41-33(46)24(6)39-37(50)32(23(4)5)44-36(49)31(21-27-17-13-10-14-18-27)43-34(47)29(19-22(2)3)42-35(48)30(40-25(7)45)20-26-15-11-9-12-16-26/h8-18,22-24,29-32H,19-21H2,1-7H3,(H,39,50)(H,40,45)(H,41,46)(H,42,48)(H,43,47)(H,44,49)(H,51,52)/b28-8+/t24-,29+,30+,31-,32-/m0/s1. The van der Waals surface area contributed by atoms with Crippen molar-refractivity contribution < 1.29 is 38.7 Å². The molecule has 0 fully saturated rings. The molecule has 6 amide bonds. The lowest BCUT2D eigenvalue weighted by atomic mass is 9.99. The first-order valence-corrected chi connectivity index (χ1v) is 17.3. The van der Waals surface area contributed by atoms with Gasteiger partial charge in [0.05, 0.1) is 0 Å². The molecular formula is C38H52N6O8. The molecule has 282 valence electrons. The van der Waals surface area contributed by atoms with Gasteiger partial charge in [0.25, 0.3) is 0 Å². The Kier molecular flexibility index (Phi) is 17.2. The second kappa shape index (κ2) is 21.0. The summed E-state index contributed by atoms with van der Waals surface area (Å²) in [5.74, 6) is -5.60. The quantitative estimate of drug-likeness (QED) is 0.106. The Balaban J connectivity index is 2.31. The van der Waals surface area contributed by atoms with E-state index in [1.54, 1.807) is 44.2 Å². The van der Waals surface area contributed by atoms with Gasteiger partial charge in [0, 0.05) is 19.8 Å². The summed E-state index contributed by atoms with van der Waals surface area (Å²) < 4.78 is 0. The number of carboxylic acids is 1. The summed E-state index contributed by atoms with van der Waals surface area (Å²) in [6.07, 6.45) is 1.67. The summed E-state index contributed by atoms with van der Waals surface area (Å²) in [4.78, 5) is 90.6. The van der Waals surface area contributed by atoms with Crippen LogP contribution in [0.3, 0.4) is 0 Å². The molecule has 0 radical (unpaired) electrons. The van der Waals surface area contributed by atoms with Gasteiger partial charge in [0.2, 0.25) is 35.4 Å². The van der Waals surface area contributed by atoms with Gasteiger partial charge in [0.15, 0.2) is 0 Å². The maximum absolute atomic E-state index is 13.9. The van der Waals surface area contributed by atoms with Crippen LogP contribution in [-0.2, 0) is 46.4 Å². The van der Waals surface area contributed by atoms with E-state index in [9.17, 15) is 38.7 Å². The van der Waals surface area contributed by atoms with Crippen LogP contribution in [0.25, 0.3) is 0 Å². The second-order valence-corrected chi connectivity index (χ2v) is 13.3. The van der Waals surface area contributed by atoms with E-state index in [-0.39, 0.29) is 30.9 Å². The predicted molar refractivity (Wildman–Crippen MR) is 195 cm³/mol. The average molecular weight is 721 g/mol. The molecule has 0 aliphatic rings. The minimum atomic E-state index is -1.34. The Morgan fingerprint density at radius 2 is 1.08 bits per heavy atom. The maximum atomic E-state index is 13.9. The second-order valence-electron chi connectivity index (χ2n) is 13.3. The van der Waals surface area contributed by atoms with Crippen LogP contribution in [0.4, 0.5) is 0 Å². The molecule has 0 heterocycles. The molecule has 0 unspecified atom stereocenters. The van der Waals surface area contributed by atoms with Gasteiger partial charge >= 0.3 is 5.97 Å². The normalized spacial score (nSPS) is 14.2. The topological polar surface area (TPSA) is 212 Å². The van der Waals surface area contributed by atoms with Crippen LogP contribution in [0, 0.1) is 11.8 Å². The highest BCUT2D eigenvalue weighted by molar-refractivity contribution is 5.98. The number of benzene rings is 2. The molecule has 5 atom stereocenters. The summed E-state index contributed by atoms with van der Waals surface area (Å²) in [7, 11) is 0. The SMILES string of the molecule is C/C=C(/NC(=O)[C@H](C)NC(=O)[C@@H](NC(=O)[C@H](Cc1ccccc1)NC(=O)[C@@H](CC(C)C)NC(=O)[C@@H](Cc1ccccc1)NC(C)=O)C(C)C)C(=O)O. The molecule has 2 aromatic carbocycles. The van der Waals surface area contributed by atoms with Crippen LogP contribution in [0.2, 0.25) is 0 Å². The molecule has 2 rings (SSSR count). The number of rotatable bonds is 19. The molecule has 0 aliphatic carbocycles. The van der Waals surface area contributed by atoms with Gasteiger partial charge in [-0.05, 0) is 43.2 Å². The molecule has 0 saturated heterocycles. The van der Waals surface area contributed by atoms with Crippen LogP contribution in [-0.4, -0.2) is 76.7 Å². The minimum Gasteiger partial charge on any atom is -0.477 e. The third kappa shape index (κ3) is 14.4. The highest BCUT2D eigenvalue weighted by atomic mass is 16.4. The fraction of sp³-hybridized carbons (Fsp3) is 0.447. The zero-order valence-corrected chi connectivity index (χ0v) is 30.8. The number of allylic oxidation sites excluding steroid dienone is 1.